The third-order valence-electron chi connectivity index (χ3n) is 2.51. The first-order chi connectivity index (χ1) is 8.43. The van der Waals surface area contributed by atoms with Gasteiger partial charge in [0.1, 0.15) is 5.76 Å². The average Bonchev–Trinajstić information content (AvgIpc) is 2.69. The molecule has 0 aliphatic heterocycles. The Kier molecular flexibility index (Phi) is 3.04. The number of rotatable bonds is 2. The van der Waals surface area contributed by atoms with Gasteiger partial charge in [-0.2, -0.15) is 13.2 Å². The van der Waals surface area contributed by atoms with E-state index in [2.05, 4.69) is 5.92 Å². The Labute approximate surface area is 100 Å². The average molecular weight is 256 g/mol. The topological polar surface area (TPSA) is 13.1 Å². The van der Waals surface area contributed by atoms with Gasteiger partial charge in [-0.3, -0.25) is 0 Å². The van der Waals surface area contributed by atoms with Crippen LogP contribution >= 0.6 is 0 Å². The van der Waals surface area contributed by atoms with Gasteiger partial charge >= 0.3 is 6.18 Å². The van der Waals surface area contributed by atoms with Crippen molar-refractivity contribution in [2.75, 3.05) is 0 Å². The molecule has 0 radical (unpaired) electrons. The number of aryl methyl sites for hydroxylation is 1. The van der Waals surface area contributed by atoms with Crippen molar-refractivity contribution < 1.29 is 22.0 Å². The smallest absolute Gasteiger partial charge is 0.417 e. The zero-order chi connectivity index (χ0) is 13.3. The quantitative estimate of drug-likeness (QED) is 0.581. The molecule has 2 rings (SSSR count). The Hall–Kier alpha value is -1.96. The number of terminal acetylenes is 1. The van der Waals surface area contributed by atoms with Gasteiger partial charge < -0.3 is 4.42 Å². The van der Waals surface area contributed by atoms with Gasteiger partial charge in [0.15, 0.2) is 11.4 Å². The highest BCUT2D eigenvalue weighted by molar-refractivity contribution is 5.82. The third kappa shape index (κ3) is 2.19. The maximum Gasteiger partial charge on any atom is 0.417 e. The van der Waals surface area contributed by atoms with Crippen LogP contribution in [0.1, 0.15) is 17.7 Å². The number of hydrogen-bond donors (Lipinski definition) is 0. The predicted octanol–water partition coefficient (Wildman–Crippen LogP) is 4.16. The highest BCUT2D eigenvalue weighted by atomic mass is 19.4. The summed E-state index contributed by atoms with van der Waals surface area (Å²) in [7, 11) is 0. The molecule has 0 aliphatic carbocycles. The van der Waals surface area contributed by atoms with Crippen LogP contribution in [-0.4, -0.2) is 0 Å². The second kappa shape index (κ2) is 4.37. The van der Waals surface area contributed by atoms with Gasteiger partial charge in [0, 0.05) is 18.2 Å². The molecule has 1 aromatic heterocycles. The maximum absolute atomic E-state index is 13.4. The van der Waals surface area contributed by atoms with Crippen LogP contribution in [0.3, 0.4) is 0 Å². The molecular formula is C13H8F4O. The van der Waals surface area contributed by atoms with E-state index in [1.807, 2.05) is 0 Å². The van der Waals surface area contributed by atoms with Crippen LogP contribution in [0, 0.1) is 18.2 Å². The number of hydrogen-bond acceptors (Lipinski definition) is 1. The summed E-state index contributed by atoms with van der Waals surface area (Å²) in [6.07, 6.45) is 1.11. The molecule has 1 heterocycles. The predicted molar refractivity (Wildman–Crippen MR) is 58.3 cm³/mol. The fourth-order valence-electron chi connectivity index (χ4n) is 1.71. The van der Waals surface area contributed by atoms with Crippen molar-refractivity contribution in [2.45, 2.75) is 19.0 Å². The second-order valence-electron chi connectivity index (χ2n) is 3.75. The first-order valence-corrected chi connectivity index (χ1v) is 5.15. The zero-order valence-corrected chi connectivity index (χ0v) is 9.14. The van der Waals surface area contributed by atoms with Crippen LogP contribution in [0.4, 0.5) is 17.6 Å². The molecule has 94 valence electrons. The molecule has 0 fully saturated rings. The summed E-state index contributed by atoms with van der Waals surface area (Å²) in [5.74, 6) is 1.78. The molecule has 0 saturated heterocycles. The second-order valence-corrected chi connectivity index (χ2v) is 3.75. The standard InChI is InChI=1S/C13H8F4O/c1-2-3-4-8-7-9-10(13(15,16)17)5-6-11(14)12(9)18-8/h1,5-7H,3-4H2. The molecule has 0 bridgehead atoms. The minimum atomic E-state index is -4.54. The SMILES string of the molecule is C#CCCc1cc2c(C(F)(F)F)ccc(F)c2o1. The highest BCUT2D eigenvalue weighted by Gasteiger charge is 2.34. The van der Waals surface area contributed by atoms with E-state index in [9.17, 15) is 17.6 Å². The first kappa shape index (κ1) is 12.5. The highest BCUT2D eigenvalue weighted by Crippen LogP contribution is 2.37. The van der Waals surface area contributed by atoms with E-state index in [0.29, 0.717) is 12.5 Å². The van der Waals surface area contributed by atoms with E-state index < -0.39 is 17.6 Å². The summed E-state index contributed by atoms with van der Waals surface area (Å²) in [5, 5.41) is -0.269. The summed E-state index contributed by atoms with van der Waals surface area (Å²) < 4.78 is 56.6. The molecule has 1 nitrogen and oxygen atoms in total. The molecule has 0 atom stereocenters. The molecule has 2 aromatic rings. The van der Waals surface area contributed by atoms with Crippen molar-refractivity contribution in [1.29, 1.82) is 0 Å². The fraction of sp³-hybridized carbons (Fsp3) is 0.231. The van der Waals surface area contributed by atoms with E-state index in [4.69, 9.17) is 10.8 Å². The number of benzene rings is 1. The lowest BCUT2D eigenvalue weighted by atomic mass is 10.1. The van der Waals surface area contributed by atoms with Crippen LogP contribution < -0.4 is 0 Å². The van der Waals surface area contributed by atoms with Crippen molar-refractivity contribution in [2.24, 2.45) is 0 Å². The Morgan fingerprint density at radius 1 is 1.28 bits per heavy atom. The molecule has 0 saturated carbocycles. The molecule has 0 spiro atoms. The summed E-state index contributed by atoms with van der Waals surface area (Å²) in [4.78, 5) is 0. The summed E-state index contributed by atoms with van der Waals surface area (Å²) in [5.41, 5.74) is -1.29. The number of fused-ring (bicyclic) bond motifs is 1. The van der Waals surface area contributed by atoms with E-state index in [1.54, 1.807) is 0 Å². The summed E-state index contributed by atoms with van der Waals surface area (Å²) >= 11 is 0. The Balaban J connectivity index is 2.59. The lowest BCUT2D eigenvalue weighted by Crippen LogP contribution is -2.05. The largest absolute Gasteiger partial charge is 0.458 e. The summed E-state index contributed by atoms with van der Waals surface area (Å²) in [6, 6.07) is 2.65. The molecule has 1 aromatic carbocycles. The molecule has 0 unspecified atom stereocenters. The Bertz CT molecular complexity index is 616. The molecule has 0 aliphatic rings. The first-order valence-electron chi connectivity index (χ1n) is 5.15. The van der Waals surface area contributed by atoms with Gasteiger partial charge in [-0.05, 0) is 18.2 Å². The monoisotopic (exact) mass is 256 g/mol. The minimum Gasteiger partial charge on any atom is -0.458 e. The van der Waals surface area contributed by atoms with Gasteiger partial charge in [-0.15, -0.1) is 12.3 Å². The number of furan rings is 1. The van der Waals surface area contributed by atoms with E-state index in [0.717, 1.165) is 6.07 Å². The molecule has 5 heteroatoms. The third-order valence-corrected chi connectivity index (χ3v) is 2.51. The molecule has 0 N–H and O–H groups in total. The van der Waals surface area contributed by atoms with Crippen LogP contribution in [0.5, 0.6) is 0 Å². The molecular weight excluding hydrogens is 248 g/mol. The Morgan fingerprint density at radius 3 is 2.61 bits per heavy atom. The van der Waals surface area contributed by atoms with Crippen LogP contribution in [0.15, 0.2) is 22.6 Å². The van der Waals surface area contributed by atoms with E-state index in [1.165, 1.54) is 6.07 Å². The normalized spacial score (nSPS) is 11.7. The molecule has 0 amide bonds. The lowest BCUT2D eigenvalue weighted by Gasteiger charge is -2.06. The maximum atomic E-state index is 13.4. The minimum absolute atomic E-state index is 0.249. The van der Waals surface area contributed by atoms with Crippen molar-refractivity contribution in [3.8, 4) is 12.3 Å². The van der Waals surface area contributed by atoms with Crippen LogP contribution in [-0.2, 0) is 12.6 Å². The Morgan fingerprint density at radius 2 is 2.00 bits per heavy atom. The van der Waals surface area contributed by atoms with Crippen molar-refractivity contribution >= 4 is 11.0 Å². The van der Waals surface area contributed by atoms with Crippen LogP contribution in [0.25, 0.3) is 11.0 Å². The van der Waals surface area contributed by atoms with Crippen LogP contribution in [0.2, 0.25) is 0 Å². The van der Waals surface area contributed by atoms with Gasteiger partial charge in [-0.25, -0.2) is 4.39 Å². The number of halogens is 4. The fourth-order valence-corrected chi connectivity index (χ4v) is 1.71. The van der Waals surface area contributed by atoms with Crippen molar-refractivity contribution in [1.82, 2.24) is 0 Å². The van der Waals surface area contributed by atoms with Crippen molar-refractivity contribution in [3.63, 3.8) is 0 Å². The van der Waals surface area contributed by atoms with Gasteiger partial charge in [0.25, 0.3) is 0 Å². The van der Waals surface area contributed by atoms with Gasteiger partial charge in [-0.1, -0.05) is 0 Å². The van der Waals surface area contributed by atoms with Gasteiger partial charge in [0.05, 0.1) is 5.56 Å². The van der Waals surface area contributed by atoms with E-state index >= 15 is 0 Å². The summed E-state index contributed by atoms with van der Waals surface area (Å²) in [6.45, 7) is 0. The van der Waals surface area contributed by atoms with E-state index in [-0.39, 0.29) is 23.2 Å². The van der Waals surface area contributed by atoms with Crippen molar-refractivity contribution in [3.05, 3.63) is 35.3 Å². The lowest BCUT2D eigenvalue weighted by molar-refractivity contribution is -0.136. The van der Waals surface area contributed by atoms with Gasteiger partial charge in [0.2, 0.25) is 0 Å². The zero-order valence-electron chi connectivity index (χ0n) is 9.14. The number of alkyl halides is 3. The molecule has 18 heavy (non-hydrogen) atoms.